The lowest BCUT2D eigenvalue weighted by atomic mass is 9.91. The molecule has 0 aliphatic heterocycles. The van der Waals surface area contributed by atoms with Crippen LogP contribution in [0.5, 0.6) is 0 Å². The van der Waals surface area contributed by atoms with E-state index in [0.29, 0.717) is 0 Å². The van der Waals surface area contributed by atoms with E-state index in [9.17, 15) is 0 Å². The largest absolute Gasteiger partial charge is 0.318 e. The fourth-order valence-corrected chi connectivity index (χ4v) is 3.67. The van der Waals surface area contributed by atoms with Crippen LogP contribution in [0, 0.1) is 0 Å². The first-order valence-electron chi connectivity index (χ1n) is 7.70. The Hall–Kier alpha value is -0.820. The minimum Gasteiger partial charge on any atom is -0.318 e. The lowest BCUT2D eigenvalue weighted by Gasteiger charge is -2.45. The third kappa shape index (κ3) is 2.95. The van der Waals surface area contributed by atoms with Crippen LogP contribution in [0.15, 0.2) is 30.3 Å². The maximum Gasteiger partial charge on any atom is 0.105 e. The molecule has 18 heavy (non-hydrogen) atoms. The van der Waals surface area contributed by atoms with Crippen LogP contribution in [0.4, 0.5) is 0 Å². The van der Waals surface area contributed by atoms with Crippen LogP contribution in [0.1, 0.15) is 51.5 Å². The van der Waals surface area contributed by atoms with Gasteiger partial charge >= 0.3 is 0 Å². The van der Waals surface area contributed by atoms with Gasteiger partial charge in [0.25, 0.3) is 0 Å². The zero-order valence-electron chi connectivity index (χ0n) is 12.1. The summed E-state index contributed by atoms with van der Waals surface area (Å²) in [6.07, 6.45) is 7.22. The predicted octanol–water partition coefficient (Wildman–Crippen LogP) is 4.38. The summed E-state index contributed by atoms with van der Waals surface area (Å²) in [5, 5.41) is 0. The summed E-state index contributed by atoms with van der Waals surface area (Å²) in [4.78, 5) is 0. The van der Waals surface area contributed by atoms with Gasteiger partial charge in [-0.15, -0.1) is 0 Å². The van der Waals surface area contributed by atoms with Gasteiger partial charge in [-0.3, -0.25) is 0 Å². The molecule has 0 atom stereocenters. The van der Waals surface area contributed by atoms with Gasteiger partial charge in [-0.1, -0.05) is 36.8 Å². The second-order valence-corrected chi connectivity index (χ2v) is 5.79. The average Bonchev–Trinajstić information content (AvgIpc) is 2.47. The number of rotatable bonds is 5. The molecule has 0 heterocycles. The summed E-state index contributed by atoms with van der Waals surface area (Å²) in [7, 11) is 0. The van der Waals surface area contributed by atoms with Crippen LogP contribution in [-0.2, 0) is 6.54 Å². The number of hydrogen-bond acceptors (Lipinski definition) is 0. The van der Waals surface area contributed by atoms with Crippen molar-refractivity contribution in [3.05, 3.63) is 35.9 Å². The van der Waals surface area contributed by atoms with E-state index in [2.05, 4.69) is 44.2 Å². The first-order chi connectivity index (χ1) is 8.80. The molecule has 1 fully saturated rings. The monoisotopic (exact) mass is 246 g/mol. The molecule has 1 aliphatic rings. The molecule has 2 rings (SSSR count). The van der Waals surface area contributed by atoms with Crippen molar-refractivity contribution in [2.24, 2.45) is 0 Å². The second kappa shape index (κ2) is 6.38. The van der Waals surface area contributed by atoms with E-state index in [1.165, 1.54) is 61.8 Å². The van der Waals surface area contributed by atoms with Crippen molar-refractivity contribution in [3.8, 4) is 0 Å². The van der Waals surface area contributed by atoms with E-state index in [1.54, 1.807) is 0 Å². The molecule has 0 radical (unpaired) electrons. The molecule has 1 aromatic carbocycles. The molecule has 0 N–H and O–H groups in total. The van der Waals surface area contributed by atoms with Crippen LogP contribution in [-0.4, -0.2) is 23.6 Å². The SMILES string of the molecule is CC[N+](CC)(Cc1ccccc1)C1CCCCC1. The summed E-state index contributed by atoms with van der Waals surface area (Å²) >= 11 is 0. The predicted molar refractivity (Wildman–Crippen MR) is 78.4 cm³/mol. The maximum atomic E-state index is 2.38. The molecule has 0 amide bonds. The zero-order chi connectivity index (χ0) is 12.8. The Kier molecular flexibility index (Phi) is 4.82. The maximum absolute atomic E-state index is 2.38. The van der Waals surface area contributed by atoms with E-state index >= 15 is 0 Å². The van der Waals surface area contributed by atoms with Crippen molar-refractivity contribution in [2.45, 2.75) is 58.5 Å². The third-order valence-corrected chi connectivity index (χ3v) is 4.95. The van der Waals surface area contributed by atoms with Gasteiger partial charge in [-0.25, -0.2) is 0 Å². The van der Waals surface area contributed by atoms with Gasteiger partial charge in [0.1, 0.15) is 6.54 Å². The standard InChI is InChI=1S/C17H28N/c1-3-18(4-2,17-13-9-6-10-14-17)15-16-11-7-5-8-12-16/h5,7-8,11-12,17H,3-4,6,9-10,13-15H2,1-2H3/q+1. The van der Waals surface area contributed by atoms with Crippen molar-refractivity contribution >= 4 is 0 Å². The van der Waals surface area contributed by atoms with Gasteiger partial charge in [0.15, 0.2) is 0 Å². The van der Waals surface area contributed by atoms with E-state index in [-0.39, 0.29) is 0 Å². The summed E-state index contributed by atoms with van der Waals surface area (Å²) in [5.74, 6) is 0. The fourth-order valence-electron chi connectivity index (χ4n) is 3.67. The van der Waals surface area contributed by atoms with Crippen LogP contribution >= 0.6 is 0 Å². The van der Waals surface area contributed by atoms with Crippen molar-refractivity contribution < 1.29 is 4.48 Å². The molecule has 0 bridgehead atoms. The molecule has 1 aromatic rings. The average molecular weight is 246 g/mol. The molecule has 0 saturated heterocycles. The van der Waals surface area contributed by atoms with Crippen LogP contribution < -0.4 is 0 Å². The highest BCUT2D eigenvalue weighted by Crippen LogP contribution is 2.30. The molecule has 0 spiro atoms. The lowest BCUT2D eigenvalue weighted by Crippen LogP contribution is -2.55. The van der Waals surface area contributed by atoms with Gasteiger partial charge in [-0.05, 0) is 39.5 Å². The zero-order valence-corrected chi connectivity index (χ0v) is 12.1. The minimum atomic E-state index is 0.897. The number of benzene rings is 1. The van der Waals surface area contributed by atoms with Gasteiger partial charge in [0.2, 0.25) is 0 Å². The molecule has 1 heteroatoms. The van der Waals surface area contributed by atoms with Crippen molar-refractivity contribution in [1.29, 1.82) is 0 Å². The minimum absolute atomic E-state index is 0.897. The normalized spacial score (nSPS) is 17.9. The Morgan fingerprint density at radius 3 is 2.11 bits per heavy atom. The summed E-state index contributed by atoms with van der Waals surface area (Å²) in [6.45, 7) is 8.52. The molecule has 1 aliphatic carbocycles. The highest BCUT2D eigenvalue weighted by Gasteiger charge is 2.34. The first kappa shape index (κ1) is 13.6. The number of nitrogens with zero attached hydrogens (tertiary/aromatic N) is 1. The summed E-state index contributed by atoms with van der Waals surface area (Å²) in [5.41, 5.74) is 1.51. The van der Waals surface area contributed by atoms with Gasteiger partial charge in [0, 0.05) is 5.56 Å². The van der Waals surface area contributed by atoms with E-state index in [4.69, 9.17) is 0 Å². The molecular weight excluding hydrogens is 218 g/mol. The Labute approximate surface area is 112 Å². The van der Waals surface area contributed by atoms with E-state index in [1.807, 2.05) is 0 Å². The second-order valence-electron chi connectivity index (χ2n) is 5.79. The van der Waals surface area contributed by atoms with Gasteiger partial charge in [0.05, 0.1) is 19.1 Å². The van der Waals surface area contributed by atoms with Crippen molar-refractivity contribution in [1.82, 2.24) is 0 Å². The summed E-state index contributed by atoms with van der Waals surface area (Å²) in [6, 6.07) is 12.0. The molecule has 1 nitrogen and oxygen atoms in total. The van der Waals surface area contributed by atoms with Crippen LogP contribution in [0.25, 0.3) is 0 Å². The first-order valence-corrected chi connectivity index (χ1v) is 7.70. The van der Waals surface area contributed by atoms with E-state index in [0.717, 1.165) is 6.04 Å². The van der Waals surface area contributed by atoms with Gasteiger partial charge < -0.3 is 4.48 Å². The van der Waals surface area contributed by atoms with Crippen molar-refractivity contribution in [2.75, 3.05) is 13.1 Å². The van der Waals surface area contributed by atoms with Crippen molar-refractivity contribution in [3.63, 3.8) is 0 Å². The Morgan fingerprint density at radius 2 is 1.56 bits per heavy atom. The Morgan fingerprint density at radius 1 is 0.944 bits per heavy atom. The molecule has 0 unspecified atom stereocenters. The molecular formula is C17H28N+. The van der Waals surface area contributed by atoms with E-state index < -0.39 is 0 Å². The molecule has 0 aromatic heterocycles. The topological polar surface area (TPSA) is 0 Å². The number of hydrogen-bond donors (Lipinski definition) is 0. The highest BCUT2D eigenvalue weighted by molar-refractivity contribution is 5.13. The fraction of sp³-hybridized carbons (Fsp3) is 0.647. The van der Waals surface area contributed by atoms with Crippen LogP contribution in [0.3, 0.4) is 0 Å². The molecule has 1 saturated carbocycles. The van der Waals surface area contributed by atoms with Gasteiger partial charge in [-0.2, -0.15) is 0 Å². The summed E-state index contributed by atoms with van der Waals surface area (Å²) < 4.78 is 1.30. The van der Waals surface area contributed by atoms with Crippen LogP contribution in [0.2, 0.25) is 0 Å². The molecule has 100 valence electrons. The number of quaternary nitrogens is 1. The highest BCUT2D eigenvalue weighted by atomic mass is 15.4. The third-order valence-electron chi connectivity index (χ3n) is 4.95. The quantitative estimate of drug-likeness (QED) is 0.677. The Balaban J connectivity index is 2.14. The smallest absolute Gasteiger partial charge is 0.105 e. The Bertz CT molecular complexity index is 334. The lowest BCUT2D eigenvalue weighted by molar-refractivity contribution is -0.961.